The molecule has 0 radical (unpaired) electrons. The number of pyridine rings is 1. The van der Waals surface area contributed by atoms with Gasteiger partial charge in [-0.05, 0) is 48.5 Å². The van der Waals surface area contributed by atoms with Gasteiger partial charge in [-0.3, -0.25) is 14.6 Å². The molecule has 0 aliphatic heterocycles. The van der Waals surface area contributed by atoms with Crippen molar-refractivity contribution in [3.05, 3.63) is 83.1 Å². The summed E-state index contributed by atoms with van der Waals surface area (Å²) in [4.78, 5) is 28.9. The van der Waals surface area contributed by atoms with Crippen molar-refractivity contribution in [3.63, 3.8) is 0 Å². The molecule has 27 heavy (non-hydrogen) atoms. The van der Waals surface area contributed by atoms with Gasteiger partial charge in [-0.1, -0.05) is 23.7 Å². The number of anilines is 2. The van der Waals surface area contributed by atoms with E-state index in [4.69, 9.17) is 16.3 Å². The molecule has 2 N–H and O–H groups in total. The average molecular weight is 382 g/mol. The summed E-state index contributed by atoms with van der Waals surface area (Å²) >= 11 is 6.05. The first-order valence-corrected chi connectivity index (χ1v) is 8.42. The monoisotopic (exact) mass is 381 g/mol. The highest BCUT2D eigenvalue weighted by molar-refractivity contribution is 6.33. The minimum atomic E-state index is -0.424. The molecular formula is C20H16ClN3O3. The van der Waals surface area contributed by atoms with Crippen LogP contribution in [0.1, 0.15) is 20.8 Å². The predicted octanol–water partition coefficient (Wildman–Crippen LogP) is 4.25. The fourth-order valence-electron chi connectivity index (χ4n) is 2.32. The third-order valence-electron chi connectivity index (χ3n) is 3.72. The molecule has 0 bridgehead atoms. The minimum Gasteiger partial charge on any atom is -0.497 e. The molecule has 1 heterocycles. The molecule has 1 aromatic heterocycles. The van der Waals surface area contributed by atoms with Crippen LogP contribution in [0.2, 0.25) is 5.02 Å². The van der Waals surface area contributed by atoms with Gasteiger partial charge in [0.2, 0.25) is 0 Å². The highest BCUT2D eigenvalue weighted by Gasteiger charge is 2.13. The molecule has 7 heteroatoms. The molecule has 2 aromatic carbocycles. The Kier molecular flexibility index (Phi) is 5.68. The Morgan fingerprint density at radius 2 is 1.70 bits per heavy atom. The van der Waals surface area contributed by atoms with E-state index in [0.29, 0.717) is 27.7 Å². The number of methoxy groups -OCH3 is 1. The zero-order chi connectivity index (χ0) is 19.2. The summed E-state index contributed by atoms with van der Waals surface area (Å²) in [6, 6.07) is 16.7. The van der Waals surface area contributed by atoms with Crippen LogP contribution >= 0.6 is 11.6 Å². The summed E-state index contributed by atoms with van der Waals surface area (Å²) in [5.41, 5.74) is 1.50. The Morgan fingerprint density at radius 3 is 2.41 bits per heavy atom. The number of rotatable bonds is 5. The molecule has 136 valence electrons. The Bertz CT molecular complexity index is 974. The van der Waals surface area contributed by atoms with Gasteiger partial charge in [0.15, 0.2) is 0 Å². The number of nitrogens with one attached hydrogen (secondary N) is 2. The van der Waals surface area contributed by atoms with E-state index in [2.05, 4.69) is 15.6 Å². The van der Waals surface area contributed by atoms with E-state index >= 15 is 0 Å². The third kappa shape index (κ3) is 4.62. The number of amides is 2. The zero-order valence-corrected chi connectivity index (χ0v) is 15.2. The van der Waals surface area contributed by atoms with Crippen molar-refractivity contribution in [3.8, 4) is 5.75 Å². The maximum absolute atomic E-state index is 12.4. The van der Waals surface area contributed by atoms with Crippen molar-refractivity contribution in [2.75, 3.05) is 17.7 Å². The lowest BCUT2D eigenvalue weighted by molar-refractivity contribution is 0.102. The van der Waals surface area contributed by atoms with Crippen molar-refractivity contribution < 1.29 is 14.3 Å². The number of carbonyl (C=O) groups is 2. The van der Waals surface area contributed by atoms with E-state index in [9.17, 15) is 9.59 Å². The summed E-state index contributed by atoms with van der Waals surface area (Å²) in [5.74, 6) is -0.124. The van der Waals surface area contributed by atoms with Gasteiger partial charge in [-0.15, -0.1) is 0 Å². The van der Waals surface area contributed by atoms with Crippen LogP contribution in [0.25, 0.3) is 0 Å². The molecule has 2 amide bonds. The number of aromatic nitrogens is 1. The molecule has 0 saturated carbocycles. The molecule has 0 unspecified atom stereocenters. The molecule has 0 saturated heterocycles. The Morgan fingerprint density at radius 1 is 0.963 bits per heavy atom. The smallest absolute Gasteiger partial charge is 0.274 e. The second-order valence-corrected chi connectivity index (χ2v) is 5.95. The molecule has 0 aliphatic carbocycles. The van der Waals surface area contributed by atoms with Crippen molar-refractivity contribution in [1.82, 2.24) is 4.98 Å². The van der Waals surface area contributed by atoms with Crippen LogP contribution in [-0.2, 0) is 0 Å². The molecule has 0 fully saturated rings. The third-order valence-corrected chi connectivity index (χ3v) is 4.05. The van der Waals surface area contributed by atoms with E-state index < -0.39 is 5.91 Å². The summed E-state index contributed by atoms with van der Waals surface area (Å²) < 4.78 is 5.08. The van der Waals surface area contributed by atoms with Crippen molar-refractivity contribution >= 4 is 34.8 Å². The molecule has 3 rings (SSSR count). The fourth-order valence-corrected chi connectivity index (χ4v) is 2.51. The summed E-state index contributed by atoms with van der Waals surface area (Å²) in [7, 11) is 1.57. The topological polar surface area (TPSA) is 80.3 Å². The van der Waals surface area contributed by atoms with Crippen molar-refractivity contribution in [2.24, 2.45) is 0 Å². The largest absolute Gasteiger partial charge is 0.497 e. The average Bonchev–Trinajstić information content (AvgIpc) is 2.70. The zero-order valence-electron chi connectivity index (χ0n) is 14.4. The van der Waals surface area contributed by atoms with Crippen LogP contribution in [0.3, 0.4) is 0 Å². The van der Waals surface area contributed by atoms with Gasteiger partial charge in [0, 0.05) is 17.4 Å². The molecular weight excluding hydrogens is 366 g/mol. The van der Waals surface area contributed by atoms with Crippen LogP contribution in [0.15, 0.2) is 66.9 Å². The summed E-state index contributed by atoms with van der Waals surface area (Å²) in [5, 5.41) is 5.86. The lowest BCUT2D eigenvalue weighted by atomic mass is 10.2. The van der Waals surface area contributed by atoms with Crippen LogP contribution in [0.5, 0.6) is 5.75 Å². The van der Waals surface area contributed by atoms with Crippen molar-refractivity contribution in [2.45, 2.75) is 0 Å². The molecule has 0 spiro atoms. The molecule has 6 nitrogen and oxygen atoms in total. The molecule has 0 atom stereocenters. The number of nitrogens with zero attached hydrogens (tertiary/aromatic N) is 1. The second-order valence-electron chi connectivity index (χ2n) is 5.55. The van der Waals surface area contributed by atoms with Gasteiger partial charge in [0.25, 0.3) is 11.8 Å². The van der Waals surface area contributed by atoms with E-state index in [0.717, 1.165) is 0 Å². The Labute approximate surface area is 161 Å². The molecule has 0 aliphatic rings. The van der Waals surface area contributed by atoms with Gasteiger partial charge in [0.1, 0.15) is 11.4 Å². The first-order valence-electron chi connectivity index (χ1n) is 8.04. The van der Waals surface area contributed by atoms with Crippen LogP contribution < -0.4 is 15.4 Å². The van der Waals surface area contributed by atoms with E-state index in [1.54, 1.807) is 55.6 Å². The van der Waals surface area contributed by atoms with Gasteiger partial charge in [-0.25, -0.2) is 0 Å². The number of ether oxygens (including phenoxy) is 1. The predicted molar refractivity (Wildman–Crippen MR) is 105 cm³/mol. The van der Waals surface area contributed by atoms with Gasteiger partial charge >= 0.3 is 0 Å². The summed E-state index contributed by atoms with van der Waals surface area (Å²) in [6.07, 6.45) is 1.41. The van der Waals surface area contributed by atoms with Gasteiger partial charge in [-0.2, -0.15) is 0 Å². The maximum atomic E-state index is 12.4. The molecule has 3 aromatic rings. The van der Waals surface area contributed by atoms with Gasteiger partial charge in [0.05, 0.1) is 17.8 Å². The second kappa shape index (κ2) is 8.33. The van der Waals surface area contributed by atoms with Crippen LogP contribution in [0, 0.1) is 0 Å². The van der Waals surface area contributed by atoms with E-state index in [1.165, 1.54) is 18.3 Å². The number of carbonyl (C=O) groups excluding carboxylic acids is 2. The summed E-state index contributed by atoms with van der Waals surface area (Å²) in [6.45, 7) is 0. The van der Waals surface area contributed by atoms with Gasteiger partial charge < -0.3 is 15.4 Å². The highest BCUT2D eigenvalue weighted by atomic mass is 35.5. The minimum absolute atomic E-state index is 0.123. The van der Waals surface area contributed by atoms with Crippen LogP contribution in [-0.4, -0.2) is 23.9 Å². The normalized spacial score (nSPS) is 10.1. The number of hydrogen-bond donors (Lipinski definition) is 2. The standard InChI is InChI=1S/C20H16ClN3O3/c1-27-15-8-6-14(7-9-15)23-20(26)18-12-13(10-11-22-18)19(25)24-17-5-3-2-4-16(17)21/h2-12H,1H3,(H,23,26)(H,24,25). The van der Waals surface area contributed by atoms with E-state index in [-0.39, 0.29) is 11.6 Å². The van der Waals surface area contributed by atoms with Crippen molar-refractivity contribution in [1.29, 1.82) is 0 Å². The Balaban J connectivity index is 1.73. The quantitative estimate of drug-likeness (QED) is 0.692. The lowest BCUT2D eigenvalue weighted by Gasteiger charge is -2.09. The highest BCUT2D eigenvalue weighted by Crippen LogP contribution is 2.21. The van der Waals surface area contributed by atoms with E-state index in [1.807, 2.05) is 0 Å². The number of halogens is 1. The maximum Gasteiger partial charge on any atom is 0.274 e. The SMILES string of the molecule is COc1ccc(NC(=O)c2cc(C(=O)Nc3ccccc3Cl)ccn2)cc1. The first-order chi connectivity index (χ1) is 13.1. The number of para-hydroxylation sites is 1. The number of benzene rings is 2. The number of hydrogen-bond acceptors (Lipinski definition) is 4. The fraction of sp³-hybridized carbons (Fsp3) is 0.0500. The Hall–Kier alpha value is -3.38. The first kappa shape index (κ1) is 18.4. The van der Waals surface area contributed by atoms with Crippen LogP contribution in [0.4, 0.5) is 11.4 Å². The lowest BCUT2D eigenvalue weighted by Crippen LogP contribution is -2.17.